The highest BCUT2D eigenvalue weighted by Gasteiger charge is 2.40. The number of hydrogen-bond donors (Lipinski definition) is 0. The van der Waals surface area contributed by atoms with Crippen molar-refractivity contribution < 1.29 is 4.74 Å². The van der Waals surface area contributed by atoms with E-state index in [9.17, 15) is 0 Å². The fourth-order valence-corrected chi connectivity index (χ4v) is 4.22. The molecule has 110 valence electrons. The minimum atomic E-state index is 0.233. The maximum absolute atomic E-state index is 6.28. The lowest BCUT2D eigenvalue weighted by molar-refractivity contribution is -0.00939. The maximum atomic E-state index is 6.28. The molecule has 21 heavy (non-hydrogen) atoms. The topological polar surface area (TPSA) is 25.4 Å². The molecule has 2 fully saturated rings. The number of benzene rings is 1. The first-order valence-electron chi connectivity index (χ1n) is 7.69. The molecule has 4 rings (SSSR count). The molecule has 0 amide bonds. The molecule has 0 unspecified atom stereocenters. The standard InChI is InChI=1S/C17H20N2OS/c1-2-4-13(5-3-1)11-19-8-6-14-10-15(20-16(14)12-19)17-18-7-9-21-17/h1-5,7,9,14-16H,6,8,10-12H2/t14-,15-,16+/m1/s1. The third kappa shape index (κ3) is 2.89. The van der Waals surface area contributed by atoms with Gasteiger partial charge in [-0.1, -0.05) is 30.3 Å². The van der Waals surface area contributed by atoms with Crippen molar-refractivity contribution in [3.05, 3.63) is 52.5 Å². The molecule has 2 aliphatic rings. The van der Waals surface area contributed by atoms with Crippen LogP contribution >= 0.6 is 11.3 Å². The van der Waals surface area contributed by atoms with Crippen LogP contribution in [0.2, 0.25) is 0 Å². The number of likely N-dealkylation sites (tertiary alicyclic amines) is 1. The lowest BCUT2D eigenvalue weighted by atomic mass is 9.91. The van der Waals surface area contributed by atoms with Crippen molar-refractivity contribution >= 4 is 11.3 Å². The first-order chi connectivity index (χ1) is 10.4. The van der Waals surface area contributed by atoms with Gasteiger partial charge in [0.25, 0.3) is 0 Å². The van der Waals surface area contributed by atoms with Gasteiger partial charge in [-0.25, -0.2) is 4.98 Å². The van der Waals surface area contributed by atoms with Gasteiger partial charge in [0.1, 0.15) is 11.1 Å². The van der Waals surface area contributed by atoms with Crippen molar-refractivity contribution in [2.24, 2.45) is 5.92 Å². The lowest BCUT2D eigenvalue weighted by Gasteiger charge is -2.34. The first-order valence-corrected chi connectivity index (χ1v) is 8.57. The van der Waals surface area contributed by atoms with Gasteiger partial charge in [0.2, 0.25) is 0 Å². The molecule has 0 bridgehead atoms. The summed E-state index contributed by atoms with van der Waals surface area (Å²) in [6.45, 7) is 3.28. The number of fused-ring (bicyclic) bond motifs is 1. The first kappa shape index (κ1) is 13.4. The zero-order chi connectivity index (χ0) is 14.1. The van der Waals surface area contributed by atoms with Gasteiger partial charge in [0.15, 0.2) is 0 Å². The molecule has 0 aliphatic carbocycles. The third-order valence-corrected chi connectivity index (χ3v) is 5.48. The van der Waals surface area contributed by atoms with Crippen molar-refractivity contribution in [1.82, 2.24) is 9.88 Å². The van der Waals surface area contributed by atoms with E-state index in [1.807, 2.05) is 11.6 Å². The fraction of sp³-hybridized carbons (Fsp3) is 0.471. The van der Waals surface area contributed by atoms with Crippen LogP contribution in [0.4, 0.5) is 0 Å². The summed E-state index contributed by atoms with van der Waals surface area (Å²) in [6.07, 6.45) is 4.90. The van der Waals surface area contributed by atoms with E-state index in [0.29, 0.717) is 12.0 Å². The second-order valence-electron chi connectivity index (χ2n) is 6.04. The van der Waals surface area contributed by atoms with E-state index in [1.54, 1.807) is 11.3 Å². The largest absolute Gasteiger partial charge is 0.366 e. The third-order valence-electron chi connectivity index (χ3n) is 4.61. The van der Waals surface area contributed by atoms with E-state index < -0.39 is 0 Å². The molecule has 3 atom stereocenters. The number of rotatable bonds is 3. The minimum Gasteiger partial charge on any atom is -0.366 e. The maximum Gasteiger partial charge on any atom is 0.121 e. The molecule has 0 spiro atoms. The Labute approximate surface area is 129 Å². The van der Waals surface area contributed by atoms with E-state index in [2.05, 4.69) is 40.2 Å². The van der Waals surface area contributed by atoms with Crippen molar-refractivity contribution in [3.63, 3.8) is 0 Å². The molecule has 2 saturated heterocycles. The summed E-state index contributed by atoms with van der Waals surface area (Å²) < 4.78 is 6.28. The Kier molecular flexibility index (Phi) is 3.76. The van der Waals surface area contributed by atoms with Crippen LogP contribution in [0.25, 0.3) is 0 Å². The highest BCUT2D eigenvalue weighted by Crippen LogP contribution is 2.41. The molecular formula is C17H20N2OS. The van der Waals surface area contributed by atoms with Gasteiger partial charge in [0, 0.05) is 24.7 Å². The molecule has 1 aromatic heterocycles. The van der Waals surface area contributed by atoms with Crippen molar-refractivity contribution in [2.75, 3.05) is 13.1 Å². The Balaban J connectivity index is 1.39. The zero-order valence-corrected chi connectivity index (χ0v) is 12.8. The molecule has 3 nitrogen and oxygen atoms in total. The van der Waals surface area contributed by atoms with Crippen molar-refractivity contribution in [3.8, 4) is 0 Å². The number of piperidine rings is 1. The quantitative estimate of drug-likeness (QED) is 0.867. The normalized spacial score (nSPS) is 29.4. The Hall–Kier alpha value is -1.23. The van der Waals surface area contributed by atoms with Crippen LogP contribution in [0.15, 0.2) is 41.9 Å². The summed E-state index contributed by atoms with van der Waals surface area (Å²) in [7, 11) is 0. The van der Waals surface area contributed by atoms with Crippen LogP contribution in [0, 0.1) is 5.92 Å². The number of nitrogens with zero attached hydrogens (tertiary/aromatic N) is 2. The monoisotopic (exact) mass is 300 g/mol. The summed E-state index contributed by atoms with van der Waals surface area (Å²) in [6, 6.07) is 10.7. The molecule has 0 N–H and O–H groups in total. The van der Waals surface area contributed by atoms with Gasteiger partial charge in [-0.2, -0.15) is 0 Å². The summed E-state index contributed by atoms with van der Waals surface area (Å²) in [4.78, 5) is 6.95. The fourth-order valence-electron chi connectivity index (χ4n) is 3.53. The molecule has 4 heteroatoms. The summed E-state index contributed by atoms with van der Waals surface area (Å²) in [5.74, 6) is 0.714. The number of hydrogen-bond acceptors (Lipinski definition) is 4. The zero-order valence-electron chi connectivity index (χ0n) is 12.0. The van der Waals surface area contributed by atoms with Gasteiger partial charge < -0.3 is 4.74 Å². The summed E-state index contributed by atoms with van der Waals surface area (Å²) in [5, 5.41) is 3.20. The molecule has 1 aromatic carbocycles. The van der Waals surface area contributed by atoms with Gasteiger partial charge in [-0.05, 0) is 30.9 Å². The summed E-state index contributed by atoms with van der Waals surface area (Å²) >= 11 is 1.72. The van der Waals surface area contributed by atoms with Crippen LogP contribution in [-0.4, -0.2) is 29.1 Å². The predicted octanol–water partition coefficient (Wildman–Crippen LogP) is 3.50. The molecule has 2 aromatic rings. The second kappa shape index (κ2) is 5.87. The van der Waals surface area contributed by atoms with Crippen LogP contribution in [0.5, 0.6) is 0 Å². The van der Waals surface area contributed by atoms with Gasteiger partial charge in [-0.15, -0.1) is 11.3 Å². The molecule has 2 aliphatic heterocycles. The average molecular weight is 300 g/mol. The molecule has 0 saturated carbocycles. The van der Waals surface area contributed by atoms with Crippen LogP contribution in [0.3, 0.4) is 0 Å². The van der Waals surface area contributed by atoms with E-state index in [4.69, 9.17) is 4.74 Å². The number of ether oxygens (including phenoxy) is 1. The number of aromatic nitrogens is 1. The number of thiazole rings is 1. The summed E-state index contributed by atoms with van der Waals surface area (Å²) in [5.41, 5.74) is 1.39. The van der Waals surface area contributed by atoms with Crippen LogP contribution in [0.1, 0.15) is 29.5 Å². The predicted molar refractivity (Wildman–Crippen MR) is 84.2 cm³/mol. The SMILES string of the molecule is c1ccc(CN2CC[C@@H]3C[C@H](c4nccs4)O[C@H]3C2)cc1. The van der Waals surface area contributed by atoms with Gasteiger partial charge in [0.05, 0.1) is 6.10 Å². The van der Waals surface area contributed by atoms with Crippen molar-refractivity contribution in [1.29, 1.82) is 0 Å². The smallest absolute Gasteiger partial charge is 0.121 e. The van der Waals surface area contributed by atoms with Gasteiger partial charge >= 0.3 is 0 Å². The van der Waals surface area contributed by atoms with E-state index >= 15 is 0 Å². The Morgan fingerprint density at radius 1 is 1.29 bits per heavy atom. The Morgan fingerprint density at radius 3 is 3.00 bits per heavy atom. The average Bonchev–Trinajstić information content (AvgIpc) is 3.17. The minimum absolute atomic E-state index is 0.233. The van der Waals surface area contributed by atoms with Crippen molar-refractivity contribution in [2.45, 2.75) is 31.6 Å². The second-order valence-corrected chi connectivity index (χ2v) is 6.96. The van der Waals surface area contributed by atoms with E-state index in [-0.39, 0.29) is 6.10 Å². The molecular weight excluding hydrogens is 280 g/mol. The highest BCUT2D eigenvalue weighted by atomic mass is 32.1. The highest BCUT2D eigenvalue weighted by molar-refractivity contribution is 7.09. The lowest BCUT2D eigenvalue weighted by Crippen LogP contribution is -2.41. The van der Waals surface area contributed by atoms with Gasteiger partial charge in [-0.3, -0.25) is 4.90 Å². The van der Waals surface area contributed by atoms with E-state index in [1.165, 1.54) is 18.5 Å². The Bertz CT molecular complexity index is 572. The van der Waals surface area contributed by atoms with Crippen LogP contribution in [-0.2, 0) is 11.3 Å². The Morgan fingerprint density at radius 2 is 2.19 bits per heavy atom. The molecule has 0 radical (unpaired) electrons. The van der Waals surface area contributed by atoms with E-state index in [0.717, 1.165) is 24.5 Å². The molecule has 3 heterocycles. The van der Waals surface area contributed by atoms with Crippen LogP contribution < -0.4 is 0 Å².